The van der Waals surface area contributed by atoms with Crippen molar-refractivity contribution in [1.82, 2.24) is 0 Å². The third kappa shape index (κ3) is 2.61. The molecule has 1 aliphatic rings. The van der Waals surface area contributed by atoms with Crippen LogP contribution in [0, 0.1) is 0 Å². The summed E-state index contributed by atoms with van der Waals surface area (Å²) in [7, 11) is -3.44. The molecule has 1 aromatic heterocycles. The van der Waals surface area contributed by atoms with E-state index < -0.39 is 16.0 Å². The van der Waals surface area contributed by atoms with Crippen molar-refractivity contribution in [2.45, 2.75) is 25.7 Å². The lowest BCUT2D eigenvalue weighted by Gasteiger charge is -2.10. The van der Waals surface area contributed by atoms with E-state index in [-0.39, 0.29) is 10.6 Å². The molecule has 1 aliphatic carbocycles. The highest BCUT2D eigenvalue weighted by molar-refractivity contribution is 7.92. The Morgan fingerprint density at radius 3 is 2.59 bits per heavy atom. The second kappa shape index (κ2) is 4.30. The van der Waals surface area contributed by atoms with Gasteiger partial charge in [0.2, 0.25) is 10.0 Å². The van der Waals surface area contributed by atoms with Crippen molar-refractivity contribution in [2.75, 3.05) is 11.0 Å². The summed E-state index contributed by atoms with van der Waals surface area (Å²) in [6.45, 7) is 0. The minimum Gasteiger partial charge on any atom is -0.478 e. The Kier molecular flexibility index (Phi) is 3.13. The van der Waals surface area contributed by atoms with Crippen LogP contribution in [0.15, 0.2) is 0 Å². The van der Waals surface area contributed by atoms with E-state index in [9.17, 15) is 18.3 Å². The zero-order valence-corrected chi connectivity index (χ0v) is 10.9. The number of carboxylic acids is 1. The van der Waals surface area contributed by atoms with Crippen LogP contribution in [-0.2, 0) is 22.9 Å². The fourth-order valence-electron chi connectivity index (χ4n) is 2.03. The number of anilines is 1. The van der Waals surface area contributed by atoms with E-state index in [4.69, 9.17) is 0 Å². The van der Waals surface area contributed by atoms with Crippen LogP contribution in [0.4, 0.5) is 5.00 Å². The summed E-state index contributed by atoms with van der Waals surface area (Å²) < 4.78 is 24.7. The molecule has 0 radical (unpaired) electrons. The molecule has 7 heteroatoms. The van der Waals surface area contributed by atoms with Gasteiger partial charge in [-0.3, -0.25) is 4.72 Å². The smallest absolute Gasteiger partial charge is 0.339 e. The number of nitrogens with one attached hydrogen (secondary N) is 1. The molecule has 0 aliphatic heterocycles. The molecule has 0 saturated carbocycles. The molecule has 0 saturated heterocycles. The molecule has 17 heavy (non-hydrogen) atoms. The molecule has 0 atom stereocenters. The number of thiophene rings is 1. The second-order valence-corrected chi connectivity index (χ2v) is 6.95. The number of aromatic carboxylic acids is 1. The van der Waals surface area contributed by atoms with Gasteiger partial charge < -0.3 is 5.11 Å². The van der Waals surface area contributed by atoms with Gasteiger partial charge in [-0.1, -0.05) is 0 Å². The molecular formula is C10H13NO4S2. The predicted octanol–water partition coefficient (Wildman–Crippen LogP) is 1.70. The minimum absolute atomic E-state index is 0.134. The standard InChI is InChI=1S/C10H13NO4S2/c1-17(14,15)11-9-8(10(12)13)6-4-2-3-5-7(6)16-9/h11H,2-5H2,1H3,(H,12,13). The van der Waals surface area contributed by atoms with Gasteiger partial charge in [0.25, 0.3) is 0 Å². The van der Waals surface area contributed by atoms with Gasteiger partial charge in [-0.15, -0.1) is 11.3 Å². The number of hydrogen-bond donors (Lipinski definition) is 2. The lowest BCUT2D eigenvalue weighted by Crippen LogP contribution is -2.12. The second-order valence-electron chi connectivity index (χ2n) is 4.09. The Hall–Kier alpha value is -1.08. The Labute approximate surface area is 104 Å². The summed E-state index contributed by atoms with van der Waals surface area (Å²) in [5, 5.41) is 9.42. The number of fused-ring (bicyclic) bond motifs is 1. The monoisotopic (exact) mass is 275 g/mol. The van der Waals surface area contributed by atoms with E-state index in [2.05, 4.69) is 4.72 Å². The summed E-state index contributed by atoms with van der Waals surface area (Å²) in [5.74, 6) is -1.06. The van der Waals surface area contributed by atoms with Crippen LogP contribution in [0.1, 0.15) is 33.6 Å². The topological polar surface area (TPSA) is 83.5 Å². The Balaban J connectivity index is 2.51. The highest BCUT2D eigenvalue weighted by atomic mass is 32.2. The van der Waals surface area contributed by atoms with Crippen molar-refractivity contribution < 1.29 is 18.3 Å². The van der Waals surface area contributed by atoms with Gasteiger partial charge in [0.1, 0.15) is 5.00 Å². The first-order valence-corrected chi connectivity index (χ1v) is 7.95. The van der Waals surface area contributed by atoms with Crippen molar-refractivity contribution >= 4 is 32.3 Å². The highest BCUT2D eigenvalue weighted by Gasteiger charge is 2.26. The van der Waals surface area contributed by atoms with Gasteiger partial charge in [0, 0.05) is 4.88 Å². The highest BCUT2D eigenvalue weighted by Crippen LogP contribution is 2.38. The quantitative estimate of drug-likeness (QED) is 0.879. The molecule has 0 bridgehead atoms. The number of rotatable bonds is 3. The molecule has 5 nitrogen and oxygen atoms in total. The van der Waals surface area contributed by atoms with Gasteiger partial charge in [-0.2, -0.15) is 0 Å². The zero-order valence-electron chi connectivity index (χ0n) is 9.32. The molecule has 0 fully saturated rings. The summed E-state index contributed by atoms with van der Waals surface area (Å²) in [6, 6.07) is 0. The molecule has 0 amide bonds. The van der Waals surface area contributed by atoms with Crippen LogP contribution in [0.5, 0.6) is 0 Å². The fraction of sp³-hybridized carbons (Fsp3) is 0.500. The number of aryl methyl sites for hydroxylation is 1. The number of hydrogen-bond acceptors (Lipinski definition) is 4. The van der Waals surface area contributed by atoms with Crippen molar-refractivity contribution in [3.63, 3.8) is 0 Å². The normalized spacial score (nSPS) is 15.4. The van der Waals surface area contributed by atoms with Gasteiger partial charge in [-0.05, 0) is 31.2 Å². The number of carbonyl (C=O) groups is 1. The average molecular weight is 275 g/mol. The zero-order chi connectivity index (χ0) is 12.6. The first-order chi connectivity index (χ1) is 7.88. The first-order valence-electron chi connectivity index (χ1n) is 5.24. The summed E-state index contributed by atoms with van der Waals surface area (Å²) >= 11 is 1.25. The van der Waals surface area contributed by atoms with Crippen molar-refractivity contribution in [1.29, 1.82) is 0 Å². The molecule has 0 spiro atoms. The van der Waals surface area contributed by atoms with Gasteiger partial charge in [0.15, 0.2) is 0 Å². The van der Waals surface area contributed by atoms with Crippen LogP contribution in [-0.4, -0.2) is 25.7 Å². The summed E-state index contributed by atoms with van der Waals surface area (Å²) in [6.07, 6.45) is 4.58. The number of carboxylic acid groups (broad SMARTS) is 1. The third-order valence-electron chi connectivity index (χ3n) is 2.66. The lowest BCUT2D eigenvalue weighted by atomic mass is 9.96. The maximum absolute atomic E-state index is 11.2. The van der Waals surface area contributed by atoms with Crippen molar-refractivity contribution in [3.8, 4) is 0 Å². The molecule has 0 unspecified atom stereocenters. The maximum atomic E-state index is 11.2. The molecular weight excluding hydrogens is 262 g/mol. The largest absolute Gasteiger partial charge is 0.478 e. The molecule has 2 N–H and O–H groups in total. The Morgan fingerprint density at radius 2 is 2.00 bits per heavy atom. The molecule has 2 rings (SSSR count). The average Bonchev–Trinajstić information content (AvgIpc) is 2.51. The van der Waals surface area contributed by atoms with E-state index in [1.165, 1.54) is 11.3 Å². The molecule has 1 aromatic rings. The van der Waals surface area contributed by atoms with E-state index in [0.717, 1.165) is 42.4 Å². The summed E-state index contributed by atoms with van der Waals surface area (Å²) in [4.78, 5) is 12.2. The SMILES string of the molecule is CS(=O)(=O)Nc1sc2c(c1C(=O)O)CCCC2. The lowest BCUT2D eigenvalue weighted by molar-refractivity contribution is 0.0697. The predicted molar refractivity (Wildman–Crippen MR) is 66.4 cm³/mol. The fourth-order valence-corrected chi connectivity index (χ4v) is 4.22. The van der Waals surface area contributed by atoms with E-state index in [1.807, 2.05) is 0 Å². The summed E-state index contributed by atoms with van der Waals surface area (Å²) in [5.41, 5.74) is 0.940. The van der Waals surface area contributed by atoms with Crippen molar-refractivity contribution in [2.24, 2.45) is 0 Å². The van der Waals surface area contributed by atoms with E-state index in [1.54, 1.807) is 0 Å². The molecule has 1 heterocycles. The van der Waals surface area contributed by atoms with Crippen LogP contribution >= 0.6 is 11.3 Å². The molecule has 94 valence electrons. The Morgan fingerprint density at radius 1 is 1.35 bits per heavy atom. The Bertz CT molecular complexity index is 559. The first kappa shape index (κ1) is 12.4. The van der Waals surface area contributed by atoms with Crippen LogP contribution in [0.2, 0.25) is 0 Å². The van der Waals surface area contributed by atoms with Crippen molar-refractivity contribution in [3.05, 3.63) is 16.0 Å². The van der Waals surface area contributed by atoms with E-state index >= 15 is 0 Å². The van der Waals surface area contributed by atoms with Crippen LogP contribution < -0.4 is 4.72 Å². The van der Waals surface area contributed by atoms with E-state index in [0.29, 0.717) is 0 Å². The van der Waals surface area contributed by atoms with Gasteiger partial charge >= 0.3 is 5.97 Å². The number of sulfonamides is 1. The molecule has 0 aromatic carbocycles. The van der Waals surface area contributed by atoms with Crippen LogP contribution in [0.25, 0.3) is 0 Å². The van der Waals surface area contributed by atoms with Gasteiger partial charge in [-0.25, -0.2) is 13.2 Å². The van der Waals surface area contributed by atoms with Gasteiger partial charge in [0.05, 0.1) is 11.8 Å². The van der Waals surface area contributed by atoms with Crippen LogP contribution in [0.3, 0.4) is 0 Å². The maximum Gasteiger partial charge on any atom is 0.339 e. The minimum atomic E-state index is -3.44. The third-order valence-corrected chi connectivity index (χ3v) is 4.57.